The fraction of sp³-hybridized carbons (Fsp3) is 0.650. The maximum absolute atomic E-state index is 12.2. The van der Waals surface area contributed by atoms with Crippen LogP contribution in [0.15, 0.2) is 24.5 Å². The van der Waals surface area contributed by atoms with Crippen molar-refractivity contribution >= 4 is 11.6 Å². The average molecular weight is 361 g/mol. The molecule has 0 spiro atoms. The number of pyridine rings is 1. The van der Waals surface area contributed by atoms with Crippen molar-refractivity contribution in [1.82, 2.24) is 14.8 Å². The molecule has 1 aliphatic rings. The Morgan fingerprint density at radius 1 is 1.35 bits per heavy atom. The number of β-amino-alcohol motifs (C(OH)–C–C–N with tert-alkyl or cyclic N) is 1. The number of aromatic nitrogens is 1. The highest BCUT2D eigenvalue weighted by Gasteiger charge is 2.32. The molecule has 1 N–H and O–H groups in total. The summed E-state index contributed by atoms with van der Waals surface area (Å²) in [7, 11) is 0. The van der Waals surface area contributed by atoms with Gasteiger partial charge in [-0.15, -0.1) is 0 Å². The van der Waals surface area contributed by atoms with Crippen LogP contribution < -0.4 is 0 Å². The first-order valence-corrected chi connectivity index (χ1v) is 9.45. The lowest BCUT2D eigenvalue weighted by Crippen LogP contribution is -2.57. The zero-order valence-electron chi connectivity index (χ0n) is 16.1. The maximum Gasteiger partial charge on any atom is 0.148 e. The minimum Gasteiger partial charge on any atom is -0.392 e. The summed E-state index contributed by atoms with van der Waals surface area (Å²) in [6, 6.07) is 3.75. The summed E-state index contributed by atoms with van der Waals surface area (Å²) in [5.74, 6) is 0.135. The Labute approximate surface area is 156 Å². The molecule has 0 bridgehead atoms. The van der Waals surface area contributed by atoms with E-state index in [2.05, 4.69) is 14.8 Å². The Balaban J connectivity index is 1.93. The summed E-state index contributed by atoms with van der Waals surface area (Å²) in [4.78, 5) is 32.2. The third-order valence-corrected chi connectivity index (χ3v) is 5.24. The number of nitrogens with zero attached hydrogens (tertiary/aromatic N) is 3. The molecule has 144 valence electrons. The lowest BCUT2D eigenvalue weighted by atomic mass is 9.94. The molecule has 2 rings (SSSR count). The van der Waals surface area contributed by atoms with Gasteiger partial charge in [0.2, 0.25) is 0 Å². The standard InChI is InChI=1S/C20H31N3O3/c1-4-18(15(2)24)10-19(26)13-23-9-8-22(14-20(23)16(3)25)12-17-6-5-7-21-11-17/h5-7,11,18-20,26H,4,8-10,12-14H2,1-3H3/t18-,19+,20+/m1/s1. The van der Waals surface area contributed by atoms with Crippen LogP contribution in [0.3, 0.4) is 0 Å². The molecule has 0 radical (unpaired) electrons. The molecule has 3 atom stereocenters. The van der Waals surface area contributed by atoms with Crippen LogP contribution in [-0.4, -0.2) is 69.8 Å². The third-order valence-electron chi connectivity index (χ3n) is 5.24. The van der Waals surface area contributed by atoms with Gasteiger partial charge in [-0.2, -0.15) is 0 Å². The van der Waals surface area contributed by atoms with Crippen molar-refractivity contribution in [2.75, 3.05) is 26.2 Å². The van der Waals surface area contributed by atoms with Gasteiger partial charge in [-0.05, 0) is 38.3 Å². The summed E-state index contributed by atoms with van der Waals surface area (Å²) in [5.41, 5.74) is 1.13. The molecule has 0 unspecified atom stereocenters. The molecule has 1 saturated heterocycles. The number of carbonyl (C=O) groups is 2. The van der Waals surface area contributed by atoms with Crippen molar-refractivity contribution in [3.05, 3.63) is 30.1 Å². The molecule has 0 aromatic carbocycles. The second-order valence-corrected chi connectivity index (χ2v) is 7.32. The monoisotopic (exact) mass is 361 g/mol. The van der Waals surface area contributed by atoms with E-state index in [0.717, 1.165) is 31.6 Å². The Bertz CT molecular complexity index is 593. The molecule has 6 nitrogen and oxygen atoms in total. The maximum atomic E-state index is 12.2. The molecule has 2 heterocycles. The zero-order chi connectivity index (χ0) is 19.1. The summed E-state index contributed by atoms with van der Waals surface area (Å²) < 4.78 is 0. The molecule has 1 aliphatic heterocycles. The van der Waals surface area contributed by atoms with E-state index in [9.17, 15) is 14.7 Å². The second kappa shape index (κ2) is 9.90. The Morgan fingerprint density at radius 2 is 2.12 bits per heavy atom. The van der Waals surface area contributed by atoms with Crippen molar-refractivity contribution in [3.63, 3.8) is 0 Å². The fourth-order valence-electron chi connectivity index (χ4n) is 3.67. The van der Waals surface area contributed by atoms with E-state index < -0.39 is 6.10 Å². The lowest BCUT2D eigenvalue weighted by Gasteiger charge is -2.41. The predicted octanol–water partition coefficient (Wildman–Crippen LogP) is 1.52. The highest BCUT2D eigenvalue weighted by atomic mass is 16.3. The summed E-state index contributed by atoms with van der Waals surface area (Å²) in [6.07, 6.45) is 4.22. The Kier molecular flexibility index (Phi) is 7.87. The van der Waals surface area contributed by atoms with E-state index in [1.807, 2.05) is 25.3 Å². The SMILES string of the molecule is CC[C@H](C[C@H](O)CN1CCN(Cc2cccnc2)C[C@H]1C(C)=O)C(C)=O. The number of aliphatic hydroxyl groups is 1. The highest BCUT2D eigenvalue weighted by molar-refractivity contribution is 5.81. The first-order chi connectivity index (χ1) is 12.4. The van der Waals surface area contributed by atoms with Gasteiger partial charge in [0.1, 0.15) is 11.6 Å². The third kappa shape index (κ3) is 5.97. The minimum absolute atomic E-state index is 0.104. The first kappa shape index (κ1) is 20.7. The van der Waals surface area contributed by atoms with Crippen LogP contribution in [0, 0.1) is 5.92 Å². The van der Waals surface area contributed by atoms with Gasteiger partial charge in [-0.25, -0.2) is 0 Å². The molecular weight excluding hydrogens is 330 g/mol. The van der Waals surface area contributed by atoms with Gasteiger partial charge < -0.3 is 5.11 Å². The van der Waals surface area contributed by atoms with E-state index in [4.69, 9.17) is 0 Å². The molecule has 0 amide bonds. The molecule has 1 fully saturated rings. The molecule has 0 saturated carbocycles. The average Bonchev–Trinajstić information content (AvgIpc) is 2.61. The number of carbonyl (C=O) groups excluding carboxylic acids is 2. The molecular formula is C20H31N3O3. The number of hydrogen-bond donors (Lipinski definition) is 1. The van der Waals surface area contributed by atoms with E-state index in [-0.39, 0.29) is 23.5 Å². The van der Waals surface area contributed by atoms with Gasteiger partial charge >= 0.3 is 0 Å². The summed E-state index contributed by atoms with van der Waals surface area (Å²) in [6.45, 7) is 8.60. The predicted molar refractivity (Wildman–Crippen MR) is 101 cm³/mol. The number of aliphatic hydroxyl groups excluding tert-OH is 1. The van der Waals surface area contributed by atoms with Crippen molar-refractivity contribution in [1.29, 1.82) is 0 Å². The van der Waals surface area contributed by atoms with Gasteiger partial charge in [0.15, 0.2) is 0 Å². The van der Waals surface area contributed by atoms with Crippen molar-refractivity contribution in [2.45, 2.75) is 52.3 Å². The topological polar surface area (TPSA) is 73.7 Å². The van der Waals surface area contributed by atoms with Gasteiger partial charge in [0.25, 0.3) is 0 Å². The Hall–Kier alpha value is -1.63. The first-order valence-electron chi connectivity index (χ1n) is 9.45. The fourth-order valence-corrected chi connectivity index (χ4v) is 3.67. The van der Waals surface area contributed by atoms with Crippen LogP contribution in [0.2, 0.25) is 0 Å². The zero-order valence-corrected chi connectivity index (χ0v) is 16.1. The number of Topliss-reactive ketones (excluding diaryl/α,β-unsaturated/α-hetero) is 2. The van der Waals surface area contributed by atoms with Gasteiger partial charge in [-0.3, -0.25) is 24.4 Å². The van der Waals surface area contributed by atoms with Gasteiger partial charge in [-0.1, -0.05) is 13.0 Å². The molecule has 6 heteroatoms. The van der Waals surface area contributed by atoms with Crippen LogP contribution in [0.4, 0.5) is 0 Å². The quantitative estimate of drug-likeness (QED) is 0.719. The lowest BCUT2D eigenvalue weighted by molar-refractivity contribution is -0.126. The van der Waals surface area contributed by atoms with Crippen LogP contribution in [-0.2, 0) is 16.1 Å². The second-order valence-electron chi connectivity index (χ2n) is 7.32. The highest BCUT2D eigenvalue weighted by Crippen LogP contribution is 2.18. The molecule has 1 aromatic rings. The van der Waals surface area contributed by atoms with Crippen molar-refractivity contribution in [2.24, 2.45) is 5.92 Å². The smallest absolute Gasteiger partial charge is 0.148 e. The van der Waals surface area contributed by atoms with Gasteiger partial charge in [0, 0.05) is 51.0 Å². The van der Waals surface area contributed by atoms with E-state index in [1.165, 1.54) is 0 Å². The van der Waals surface area contributed by atoms with Crippen LogP contribution >= 0.6 is 0 Å². The number of hydrogen-bond acceptors (Lipinski definition) is 6. The normalized spacial score (nSPS) is 21.3. The largest absolute Gasteiger partial charge is 0.392 e. The van der Waals surface area contributed by atoms with Crippen molar-refractivity contribution < 1.29 is 14.7 Å². The van der Waals surface area contributed by atoms with Gasteiger partial charge in [0.05, 0.1) is 12.1 Å². The summed E-state index contributed by atoms with van der Waals surface area (Å²) >= 11 is 0. The molecule has 26 heavy (non-hydrogen) atoms. The van der Waals surface area contributed by atoms with Crippen molar-refractivity contribution in [3.8, 4) is 0 Å². The van der Waals surface area contributed by atoms with Crippen LogP contribution in [0.25, 0.3) is 0 Å². The summed E-state index contributed by atoms with van der Waals surface area (Å²) in [5, 5.41) is 10.4. The molecule has 0 aliphatic carbocycles. The Morgan fingerprint density at radius 3 is 2.69 bits per heavy atom. The minimum atomic E-state index is -0.587. The van der Waals surface area contributed by atoms with E-state index in [1.54, 1.807) is 20.0 Å². The van der Waals surface area contributed by atoms with Crippen LogP contribution in [0.5, 0.6) is 0 Å². The number of ketones is 2. The number of rotatable bonds is 9. The molecule has 1 aromatic heterocycles. The van der Waals surface area contributed by atoms with E-state index in [0.29, 0.717) is 19.5 Å². The van der Waals surface area contributed by atoms with E-state index >= 15 is 0 Å². The number of piperazine rings is 1. The van der Waals surface area contributed by atoms with Crippen LogP contribution in [0.1, 0.15) is 39.2 Å².